The van der Waals surface area contributed by atoms with E-state index in [1.54, 1.807) is 31.2 Å². The van der Waals surface area contributed by atoms with Gasteiger partial charge in [-0.2, -0.15) is 0 Å². The quantitative estimate of drug-likeness (QED) is 0.582. The van der Waals surface area contributed by atoms with Gasteiger partial charge in [0.25, 0.3) is 0 Å². The van der Waals surface area contributed by atoms with Crippen LogP contribution in [0.1, 0.15) is 17.3 Å². The fraction of sp³-hybridized carbons (Fsp3) is 0.100. The fourth-order valence-corrected chi connectivity index (χ4v) is 1.32. The van der Waals surface area contributed by atoms with Gasteiger partial charge in [0, 0.05) is 10.0 Å². The number of carbonyl (C=O) groups excluding carboxylic acids is 1. The molecule has 0 radical (unpaired) electrons. The van der Waals surface area contributed by atoms with E-state index in [0.717, 1.165) is 4.47 Å². The molecule has 0 aliphatic rings. The fourth-order valence-electron chi connectivity index (χ4n) is 0.897. The lowest BCUT2D eigenvalue weighted by atomic mass is 10.1. The van der Waals surface area contributed by atoms with Gasteiger partial charge in [-0.3, -0.25) is 4.79 Å². The molecular weight excluding hydrogens is 251 g/mol. The lowest BCUT2D eigenvalue weighted by Gasteiger charge is -1.98. The number of ketones is 1. The van der Waals surface area contributed by atoms with Crippen molar-refractivity contribution in [2.24, 2.45) is 0 Å². The minimum absolute atomic E-state index is 0.0306. The summed E-state index contributed by atoms with van der Waals surface area (Å²) in [5.74, 6) is -0.0306. The molecular formula is C10H8BrClO. The molecule has 1 aromatic carbocycles. The summed E-state index contributed by atoms with van der Waals surface area (Å²) in [6, 6.07) is 5.14. The maximum absolute atomic E-state index is 11.3. The second-order valence-corrected chi connectivity index (χ2v) is 3.75. The molecule has 1 aromatic rings. The summed E-state index contributed by atoms with van der Waals surface area (Å²) in [6.07, 6.45) is 3.22. The number of allylic oxidation sites excluding steroid dienone is 2. The maximum Gasteiger partial charge on any atom is 0.185 e. The first-order valence-corrected chi connectivity index (χ1v) is 4.94. The van der Waals surface area contributed by atoms with Gasteiger partial charge < -0.3 is 0 Å². The van der Waals surface area contributed by atoms with Crippen LogP contribution >= 0.6 is 27.5 Å². The normalized spacial score (nSPS) is 10.7. The van der Waals surface area contributed by atoms with E-state index in [0.29, 0.717) is 10.6 Å². The molecule has 0 saturated heterocycles. The molecule has 0 spiro atoms. The second kappa shape index (κ2) is 4.58. The molecule has 0 aliphatic carbocycles. The maximum atomic E-state index is 11.3. The molecule has 68 valence electrons. The first kappa shape index (κ1) is 10.5. The Bertz CT molecular complexity index is 358. The first-order chi connectivity index (χ1) is 6.15. The minimum atomic E-state index is -0.0306. The van der Waals surface area contributed by atoms with Gasteiger partial charge in [0.15, 0.2) is 5.78 Å². The number of halogens is 2. The molecule has 0 aliphatic heterocycles. The monoisotopic (exact) mass is 258 g/mol. The minimum Gasteiger partial charge on any atom is -0.289 e. The van der Waals surface area contributed by atoms with E-state index in [2.05, 4.69) is 15.9 Å². The lowest BCUT2D eigenvalue weighted by molar-refractivity contribution is 0.104. The van der Waals surface area contributed by atoms with Gasteiger partial charge in [-0.25, -0.2) is 0 Å². The van der Waals surface area contributed by atoms with Crippen LogP contribution in [0.15, 0.2) is 34.8 Å². The molecule has 0 saturated carbocycles. The molecule has 0 unspecified atom stereocenters. The Morgan fingerprint density at radius 2 is 2.23 bits per heavy atom. The van der Waals surface area contributed by atoms with Gasteiger partial charge in [-0.15, -0.1) is 0 Å². The van der Waals surface area contributed by atoms with Gasteiger partial charge in [-0.05, 0) is 47.1 Å². The highest BCUT2D eigenvalue weighted by atomic mass is 79.9. The Labute approximate surface area is 90.5 Å². The molecule has 0 atom stereocenters. The van der Waals surface area contributed by atoms with Crippen molar-refractivity contribution in [3.05, 3.63) is 45.4 Å². The summed E-state index contributed by atoms with van der Waals surface area (Å²) in [5, 5.41) is 0.551. The molecule has 0 fully saturated rings. The molecule has 1 nitrogen and oxygen atoms in total. The van der Waals surface area contributed by atoms with Crippen molar-refractivity contribution >= 4 is 33.3 Å². The smallest absolute Gasteiger partial charge is 0.185 e. The largest absolute Gasteiger partial charge is 0.289 e. The molecule has 0 aromatic heterocycles. The van der Waals surface area contributed by atoms with E-state index in [1.807, 2.05) is 0 Å². The third kappa shape index (κ3) is 2.68. The van der Waals surface area contributed by atoms with Crippen molar-refractivity contribution in [3.8, 4) is 0 Å². The molecule has 0 N–H and O–H groups in total. The summed E-state index contributed by atoms with van der Waals surface area (Å²) in [4.78, 5) is 11.3. The Balaban J connectivity index is 3.04. The number of hydrogen-bond donors (Lipinski definition) is 0. The average Bonchev–Trinajstić information content (AvgIpc) is 2.10. The zero-order chi connectivity index (χ0) is 9.84. The Kier molecular flexibility index (Phi) is 3.70. The molecule has 0 amide bonds. The highest BCUT2D eigenvalue weighted by Crippen LogP contribution is 2.23. The Morgan fingerprint density at radius 3 is 2.77 bits per heavy atom. The predicted molar refractivity (Wildman–Crippen MR) is 58.3 cm³/mol. The van der Waals surface area contributed by atoms with Crippen LogP contribution in [0.2, 0.25) is 5.02 Å². The van der Waals surface area contributed by atoms with Crippen molar-refractivity contribution in [2.75, 3.05) is 0 Å². The van der Waals surface area contributed by atoms with Crippen LogP contribution in [0.5, 0.6) is 0 Å². The van der Waals surface area contributed by atoms with Crippen LogP contribution in [-0.2, 0) is 0 Å². The SMILES string of the molecule is CC=CC(=O)c1ccc(Br)c(Cl)c1. The van der Waals surface area contributed by atoms with E-state index in [1.165, 1.54) is 6.08 Å². The van der Waals surface area contributed by atoms with E-state index >= 15 is 0 Å². The highest BCUT2D eigenvalue weighted by molar-refractivity contribution is 9.10. The predicted octanol–water partition coefficient (Wildman–Crippen LogP) is 3.86. The second-order valence-electron chi connectivity index (χ2n) is 2.49. The van der Waals surface area contributed by atoms with Gasteiger partial charge >= 0.3 is 0 Å². The Hall–Kier alpha value is -0.600. The van der Waals surface area contributed by atoms with Crippen LogP contribution in [0.25, 0.3) is 0 Å². The van der Waals surface area contributed by atoms with E-state index in [4.69, 9.17) is 11.6 Å². The Morgan fingerprint density at radius 1 is 1.54 bits per heavy atom. The number of carbonyl (C=O) groups is 1. The van der Waals surface area contributed by atoms with Crippen LogP contribution in [0.3, 0.4) is 0 Å². The van der Waals surface area contributed by atoms with Crippen LogP contribution in [-0.4, -0.2) is 5.78 Å². The average molecular weight is 260 g/mol. The standard InChI is InChI=1S/C10H8BrClO/c1-2-3-10(13)7-4-5-8(11)9(12)6-7/h2-6H,1H3. The summed E-state index contributed by atoms with van der Waals surface area (Å²) < 4.78 is 0.797. The third-order valence-electron chi connectivity index (χ3n) is 1.52. The third-order valence-corrected chi connectivity index (χ3v) is 2.75. The van der Waals surface area contributed by atoms with E-state index < -0.39 is 0 Å². The van der Waals surface area contributed by atoms with Crippen LogP contribution in [0.4, 0.5) is 0 Å². The summed E-state index contributed by atoms with van der Waals surface area (Å²) in [6.45, 7) is 1.80. The molecule has 13 heavy (non-hydrogen) atoms. The topological polar surface area (TPSA) is 17.1 Å². The summed E-state index contributed by atoms with van der Waals surface area (Å²) in [5.41, 5.74) is 0.603. The van der Waals surface area contributed by atoms with Crippen molar-refractivity contribution in [2.45, 2.75) is 6.92 Å². The van der Waals surface area contributed by atoms with Gasteiger partial charge in [0.05, 0.1) is 5.02 Å². The number of hydrogen-bond acceptors (Lipinski definition) is 1. The summed E-state index contributed by atoms with van der Waals surface area (Å²) in [7, 11) is 0. The molecule has 0 bridgehead atoms. The zero-order valence-electron chi connectivity index (χ0n) is 7.05. The van der Waals surface area contributed by atoms with Gasteiger partial charge in [-0.1, -0.05) is 17.7 Å². The number of benzene rings is 1. The van der Waals surface area contributed by atoms with Gasteiger partial charge in [0.2, 0.25) is 0 Å². The molecule has 1 rings (SSSR count). The van der Waals surface area contributed by atoms with E-state index in [-0.39, 0.29) is 5.78 Å². The number of rotatable bonds is 2. The van der Waals surface area contributed by atoms with Crippen molar-refractivity contribution < 1.29 is 4.79 Å². The van der Waals surface area contributed by atoms with Crippen LogP contribution < -0.4 is 0 Å². The van der Waals surface area contributed by atoms with Crippen molar-refractivity contribution in [1.82, 2.24) is 0 Å². The van der Waals surface area contributed by atoms with E-state index in [9.17, 15) is 4.79 Å². The van der Waals surface area contributed by atoms with Crippen LogP contribution in [0, 0.1) is 0 Å². The van der Waals surface area contributed by atoms with Crippen molar-refractivity contribution in [3.63, 3.8) is 0 Å². The summed E-state index contributed by atoms with van der Waals surface area (Å²) >= 11 is 9.09. The van der Waals surface area contributed by atoms with Gasteiger partial charge in [0.1, 0.15) is 0 Å². The zero-order valence-corrected chi connectivity index (χ0v) is 9.39. The molecule has 0 heterocycles. The highest BCUT2D eigenvalue weighted by Gasteiger charge is 2.03. The first-order valence-electron chi connectivity index (χ1n) is 3.77. The van der Waals surface area contributed by atoms with Crippen molar-refractivity contribution in [1.29, 1.82) is 0 Å². The molecule has 3 heteroatoms. The lowest BCUT2D eigenvalue weighted by Crippen LogP contribution is -1.93.